The standard InChI is InChI=1S/C16H18N2O2/c1-16(2,3)20-15(19)18-14-11-13(9-10-17-14)12-7-5-4-6-8-12/h4-11H,1-3H3,(H,17,18,19). The van der Waals surface area contributed by atoms with E-state index in [1.54, 1.807) is 6.20 Å². The summed E-state index contributed by atoms with van der Waals surface area (Å²) in [5.41, 5.74) is 1.54. The highest BCUT2D eigenvalue weighted by Gasteiger charge is 2.16. The van der Waals surface area contributed by atoms with Crippen molar-refractivity contribution in [3.05, 3.63) is 48.7 Å². The zero-order valence-corrected chi connectivity index (χ0v) is 11.9. The third kappa shape index (κ3) is 4.09. The number of hydrogen-bond donors (Lipinski definition) is 1. The van der Waals surface area contributed by atoms with Gasteiger partial charge in [-0.15, -0.1) is 0 Å². The van der Waals surface area contributed by atoms with Gasteiger partial charge >= 0.3 is 6.09 Å². The van der Waals surface area contributed by atoms with Gasteiger partial charge in [0.2, 0.25) is 0 Å². The largest absolute Gasteiger partial charge is 0.444 e. The number of carbonyl (C=O) groups is 1. The predicted molar refractivity (Wildman–Crippen MR) is 79.5 cm³/mol. The van der Waals surface area contributed by atoms with Gasteiger partial charge in [0, 0.05) is 6.20 Å². The molecule has 0 aliphatic heterocycles. The molecule has 0 bridgehead atoms. The minimum Gasteiger partial charge on any atom is -0.444 e. The van der Waals surface area contributed by atoms with Crippen LogP contribution < -0.4 is 5.32 Å². The summed E-state index contributed by atoms with van der Waals surface area (Å²) in [4.78, 5) is 15.8. The Hall–Kier alpha value is -2.36. The van der Waals surface area contributed by atoms with Crippen LogP contribution in [0.1, 0.15) is 20.8 Å². The van der Waals surface area contributed by atoms with Crippen LogP contribution in [0.3, 0.4) is 0 Å². The number of carbonyl (C=O) groups excluding carboxylic acids is 1. The lowest BCUT2D eigenvalue weighted by Gasteiger charge is -2.19. The van der Waals surface area contributed by atoms with E-state index in [4.69, 9.17) is 4.74 Å². The molecule has 0 saturated heterocycles. The predicted octanol–water partition coefficient (Wildman–Crippen LogP) is 4.10. The molecule has 4 heteroatoms. The van der Waals surface area contributed by atoms with E-state index in [9.17, 15) is 4.79 Å². The minimum atomic E-state index is -0.527. The Morgan fingerprint density at radius 3 is 2.45 bits per heavy atom. The maximum absolute atomic E-state index is 11.7. The lowest BCUT2D eigenvalue weighted by Crippen LogP contribution is -2.27. The summed E-state index contributed by atoms with van der Waals surface area (Å²) in [7, 11) is 0. The van der Waals surface area contributed by atoms with Crippen molar-refractivity contribution >= 4 is 11.9 Å². The summed E-state index contributed by atoms with van der Waals surface area (Å²) in [6.45, 7) is 5.46. The van der Waals surface area contributed by atoms with Crippen molar-refractivity contribution in [3.8, 4) is 11.1 Å². The first-order valence-electron chi connectivity index (χ1n) is 6.45. The van der Waals surface area contributed by atoms with Gasteiger partial charge in [-0.05, 0) is 44.0 Å². The number of anilines is 1. The summed E-state index contributed by atoms with van der Waals surface area (Å²) < 4.78 is 5.20. The van der Waals surface area contributed by atoms with E-state index in [-0.39, 0.29) is 0 Å². The number of ether oxygens (including phenoxy) is 1. The molecule has 0 fully saturated rings. The normalized spacial score (nSPS) is 10.9. The maximum atomic E-state index is 11.7. The summed E-state index contributed by atoms with van der Waals surface area (Å²) in [6.07, 6.45) is 1.16. The summed E-state index contributed by atoms with van der Waals surface area (Å²) in [6, 6.07) is 13.6. The Balaban J connectivity index is 2.13. The first-order chi connectivity index (χ1) is 9.44. The van der Waals surface area contributed by atoms with E-state index in [0.29, 0.717) is 5.82 Å². The molecule has 4 nitrogen and oxygen atoms in total. The molecule has 0 spiro atoms. The quantitative estimate of drug-likeness (QED) is 0.894. The molecule has 2 aromatic rings. The van der Waals surface area contributed by atoms with Gasteiger partial charge in [-0.3, -0.25) is 5.32 Å². The van der Waals surface area contributed by atoms with Gasteiger partial charge in [-0.1, -0.05) is 30.3 Å². The fourth-order valence-electron chi connectivity index (χ4n) is 1.72. The molecule has 1 heterocycles. The van der Waals surface area contributed by atoms with Crippen molar-refractivity contribution in [1.82, 2.24) is 4.98 Å². The summed E-state index contributed by atoms with van der Waals surface area (Å²) in [5, 5.41) is 2.64. The molecule has 0 atom stereocenters. The maximum Gasteiger partial charge on any atom is 0.413 e. The third-order valence-electron chi connectivity index (χ3n) is 2.50. The molecule has 1 N–H and O–H groups in total. The van der Waals surface area contributed by atoms with E-state index in [1.165, 1.54) is 0 Å². The molecule has 0 radical (unpaired) electrons. The highest BCUT2D eigenvalue weighted by atomic mass is 16.6. The molecule has 0 aliphatic rings. The van der Waals surface area contributed by atoms with E-state index in [2.05, 4.69) is 10.3 Å². The lowest BCUT2D eigenvalue weighted by molar-refractivity contribution is 0.0635. The van der Waals surface area contributed by atoms with E-state index in [0.717, 1.165) is 11.1 Å². The average molecular weight is 270 g/mol. The van der Waals surface area contributed by atoms with Crippen LogP contribution in [0.4, 0.5) is 10.6 Å². The minimum absolute atomic E-state index is 0.473. The highest BCUT2D eigenvalue weighted by molar-refractivity contribution is 5.84. The van der Waals surface area contributed by atoms with Gasteiger partial charge in [0.25, 0.3) is 0 Å². The number of rotatable bonds is 2. The average Bonchev–Trinajstić information content (AvgIpc) is 2.38. The Morgan fingerprint density at radius 2 is 1.80 bits per heavy atom. The van der Waals surface area contributed by atoms with Crippen LogP contribution >= 0.6 is 0 Å². The lowest BCUT2D eigenvalue weighted by atomic mass is 10.1. The number of nitrogens with one attached hydrogen (secondary N) is 1. The monoisotopic (exact) mass is 270 g/mol. The first kappa shape index (κ1) is 14.1. The van der Waals surface area contributed by atoms with Crippen LogP contribution in [0.2, 0.25) is 0 Å². The number of nitrogens with zero attached hydrogens (tertiary/aromatic N) is 1. The molecule has 20 heavy (non-hydrogen) atoms. The molecular formula is C16H18N2O2. The van der Waals surface area contributed by atoms with Crippen LogP contribution in [0.5, 0.6) is 0 Å². The number of hydrogen-bond acceptors (Lipinski definition) is 3. The molecule has 1 aromatic heterocycles. The van der Waals surface area contributed by atoms with Crippen LogP contribution in [-0.4, -0.2) is 16.7 Å². The summed E-state index contributed by atoms with van der Waals surface area (Å²) >= 11 is 0. The summed E-state index contributed by atoms with van der Waals surface area (Å²) in [5.74, 6) is 0.473. The van der Waals surface area contributed by atoms with E-state index < -0.39 is 11.7 Å². The van der Waals surface area contributed by atoms with Gasteiger partial charge in [0.1, 0.15) is 11.4 Å². The van der Waals surface area contributed by atoms with E-state index >= 15 is 0 Å². The third-order valence-corrected chi connectivity index (χ3v) is 2.50. The van der Waals surface area contributed by atoms with Gasteiger partial charge in [0.15, 0.2) is 0 Å². The molecule has 0 aliphatic carbocycles. The van der Waals surface area contributed by atoms with Crippen molar-refractivity contribution in [1.29, 1.82) is 0 Å². The molecular weight excluding hydrogens is 252 g/mol. The molecule has 1 aromatic carbocycles. The van der Waals surface area contributed by atoms with Crippen molar-refractivity contribution < 1.29 is 9.53 Å². The van der Waals surface area contributed by atoms with Gasteiger partial charge in [0.05, 0.1) is 0 Å². The number of amides is 1. The molecule has 0 unspecified atom stereocenters. The second kappa shape index (κ2) is 5.74. The second-order valence-corrected chi connectivity index (χ2v) is 5.42. The Bertz CT molecular complexity index is 589. The smallest absolute Gasteiger partial charge is 0.413 e. The van der Waals surface area contributed by atoms with Crippen molar-refractivity contribution in [2.75, 3.05) is 5.32 Å². The molecule has 0 saturated carbocycles. The van der Waals surface area contributed by atoms with Crippen molar-refractivity contribution in [2.24, 2.45) is 0 Å². The zero-order valence-electron chi connectivity index (χ0n) is 11.9. The van der Waals surface area contributed by atoms with Crippen LogP contribution in [0.25, 0.3) is 11.1 Å². The highest BCUT2D eigenvalue weighted by Crippen LogP contribution is 2.21. The Morgan fingerprint density at radius 1 is 1.10 bits per heavy atom. The molecule has 1 amide bonds. The SMILES string of the molecule is CC(C)(C)OC(=O)Nc1cc(-c2ccccc2)ccn1. The van der Waals surface area contributed by atoms with Crippen LogP contribution in [0, 0.1) is 0 Å². The van der Waals surface area contributed by atoms with E-state index in [1.807, 2.05) is 63.2 Å². The number of pyridine rings is 1. The molecule has 104 valence electrons. The van der Waals surface area contributed by atoms with Crippen LogP contribution in [-0.2, 0) is 4.74 Å². The van der Waals surface area contributed by atoms with Gasteiger partial charge in [-0.25, -0.2) is 9.78 Å². The number of benzene rings is 1. The number of aromatic nitrogens is 1. The fourth-order valence-corrected chi connectivity index (χ4v) is 1.72. The Kier molecular flexibility index (Phi) is 4.03. The van der Waals surface area contributed by atoms with Gasteiger partial charge < -0.3 is 4.74 Å². The van der Waals surface area contributed by atoms with Gasteiger partial charge in [-0.2, -0.15) is 0 Å². The zero-order chi connectivity index (χ0) is 14.6. The first-order valence-corrected chi connectivity index (χ1v) is 6.45. The fraction of sp³-hybridized carbons (Fsp3) is 0.250. The Labute approximate surface area is 118 Å². The topological polar surface area (TPSA) is 51.2 Å². The second-order valence-electron chi connectivity index (χ2n) is 5.42. The van der Waals surface area contributed by atoms with Crippen molar-refractivity contribution in [3.63, 3.8) is 0 Å². The van der Waals surface area contributed by atoms with Crippen LogP contribution in [0.15, 0.2) is 48.7 Å². The van der Waals surface area contributed by atoms with Crippen molar-refractivity contribution in [2.45, 2.75) is 26.4 Å². The molecule has 2 rings (SSSR count).